The molecule has 0 atom stereocenters. The minimum Gasteiger partial charge on any atom is -0.375 e. The molecule has 1 heterocycles. The predicted molar refractivity (Wildman–Crippen MR) is 82.1 cm³/mol. The Labute approximate surface area is 124 Å². The lowest BCUT2D eigenvalue weighted by Gasteiger charge is -2.04. The zero-order valence-corrected chi connectivity index (χ0v) is 12.5. The fraction of sp³-hybridized carbons (Fsp3) is 0.167. The minimum atomic E-state index is -0.0846. The maximum atomic E-state index is 11.8. The van der Waals surface area contributed by atoms with E-state index in [2.05, 4.69) is 10.3 Å². The molecule has 19 heavy (non-hydrogen) atoms. The molecule has 2 aromatic rings. The molecule has 4 nitrogen and oxygen atoms in total. The van der Waals surface area contributed by atoms with E-state index in [1.165, 1.54) is 23.1 Å². The number of amides is 1. The highest BCUT2D eigenvalue weighted by Crippen LogP contribution is 2.30. The van der Waals surface area contributed by atoms with Crippen molar-refractivity contribution in [1.29, 1.82) is 0 Å². The van der Waals surface area contributed by atoms with Crippen LogP contribution in [-0.2, 0) is 4.79 Å². The number of hydrogen-bond acceptors (Lipinski definition) is 5. The van der Waals surface area contributed by atoms with Crippen LogP contribution in [0.5, 0.6) is 0 Å². The molecule has 0 aliphatic carbocycles. The van der Waals surface area contributed by atoms with Crippen LogP contribution in [-0.4, -0.2) is 16.6 Å². The molecule has 1 aromatic heterocycles. The van der Waals surface area contributed by atoms with Gasteiger partial charge in [-0.15, -0.1) is 11.8 Å². The number of anilines is 2. The highest BCUT2D eigenvalue weighted by molar-refractivity contribution is 8.01. The van der Waals surface area contributed by atoms with Crippen molar-refractivity contribution < 1.29 is 4.79 Å². The van der Waals surface area contributed by atoms with Gasteiger partial charge in [0, 0.05) is 10.7 Å². The largest absolute Gasteiger partial charge is 0.375 e. The monoisotopic (exact) mass is 313 g/mol. The number of nitrogens with one attached hydrogen (secondary N) is 1. The van der Waals surface area contributed by atoms with E-state index in [9.17, 15) is 4.79 Å². The van der Waals surface area contributed by atoms with Gasteiger partial charge in [0.25, 0.3) is 0 Å². The molecule has 3 N–H and O–H groups in total. The molecular formula is C12H12ClN3OS2. The second kappa shape index (κ2) is 6.27. The molecule has 1 amide bonds. The zero-order valence-electron chi connectivity index (χ0n) is 10.1. The van der Waals surface area contributed by atoms with Crippen LogP contribution in [0.4, 0.5) is 10.8 Å². The van der Waals surface area contributed by atoms with Crippen molar-refractivity contribution in [3.63, 3.8) is 0 Å². The van der Waals surface area contributed by atoms with E-state index < -0.39 is 0 Å². The second-order valence-corrected chi connectivity index (χ2v) is 6.48. The lowest BCUT2D eigenvalue weighted by atomic mass is 10.3. The van der Waals surface area contributed by atoms with Gasteiger partial charge in [0.2, 0.25) is 5.91 Å². The summed E-state index contributed by atoms with van der Waals surface area (Å²) in [5.41, 5.74) is 7.16. The van der Waals surface area contributed by atoms with Gasteiger partial charge in [-0.2, -0.15) is 0 Å². The molecule has 2 rings (SSSR count). The van der Waals surface area contributed by atoms with Gasteiger partial charge in [-0.05, 0) is 25.1 Å². The van der Waals surface area contributed by atoms with Crippen molar-refractivity contribution in [2.75, 3.05) is 16.8 Å². The number of aryl methyl sites for hydroxylation is 1. The number of nitrogen functional groups attached to an aromatic ring is 1. The van der Waals surface area contributed by atoms with E-state index in [1.54, 1.807) is 24.3 Å². The van der Waals surface area contributed by atoms with Gasteiger partial charge in [-0.3, -0.25) is 4.79 Å². The Morgan fingerprint density at radius 3 is 3.00 bits per heavy atom. The van der Waals surface area contributed by atoms with Gasteiger partial charge in [-0.25, -0.2) is 4.98 Å². The number of thiazole rings is 1. The summed E-state index contributed by atoms with van der Waals surface area (Å²) < 4.78 is 0.971. The number of halogens is 1. The number of nitrogens with two attached hydrogens (primary N) is 1. The van der Waals surface area contributed by atoms with Crippen molar-refractivity contribution in [2.24, 2.45) is 0 Å². The lowest BCUT2D eigenvalue weighted by molar-refractivity contribution is -0.113. The van der Waals surface area contributed by atoms with Crippen molar-refractivity contribution in [3.8, 4) is 0 Å². The van der Waals surface area contributed by atoms with Crippen molar-refractivity contribution >= 4 is 51.4 Å². The van der Waals surface area contributed by atoms with Crippen LogP contribution in [0.2, 0.25) is 5.02 Å². The second-order valence-electron chi connectivity index (χ2n) is 3.77. The van der Waals surface area contributed by atoms with Gasteiger partial charge in [0.15, 0.2) is 5.13 Å². The molecule has 7 heteroatoms. The van der Waals surface area contributed by atoms with Crippen LogP contribution in [0, 0.1) is 6.92 Å². The Balaban J connectivity index is 1.90. The topological polar surface area (TPSA) is 68.0 Å². The highest BCUT2D eigenvalue weighted by Gasteiger charge is 2.09. The third-order valence-electron chi connectivity index (χ3n) is 2.21. The summed E-state index contributed by atoms with van der Waals surface area (Å²) in [6.07, 6.45) is 0. The van der Waals surface area contributed by atoms with E-state index in [4.69, 9.17) is 17.3 Å². The maximum absolute atomic E-state index is 11.8. The molecule has 1 aromatic carbocycles. The first-order valence-corrected chi connectivity index (χ1v) is 7.64. The van der Waals surface area contributed by atoms with Gasteiger partial charge >= 0.3 is 0 Å². The number of carbonyl (C=O) groups excluding carboxylic acids is 1. The summed E-state index contributed by atoms with van der Waals surface area (Å²) in [5.74, 6) is 0.230. The first kappa shape index (κ1) is 14.2. The first-order valence-electron chi connectivity index (χ1n) is 5.45. The number of carbonyl (C=O) groups is 1. The molecule has 0 radical (unpaired) electrons. The van der Waals surface area contributed by atoms with Gasteiger partial charge in [0.05, 0.1) is 15.7 Å². The number of benzene rings is 1. The SMILES string of the molecule is Cc1nc(N)sc1SCC(=O)Nc1cccc(Cl)c1. The van der Waals surface area contributed by atoms with Gasteiger partial charge in [0.1, 0.15) is 0 Å². The van der Waals surface area contributed by atoms with Crippen LogP contribution >= 0.6 is 34.7 Å². The van der Waals surface area contributed by atoms with E-state index >= 15 is 0 Å². The third kappa shape index (κ3) is 4.12. The summed E-state index contributed by atoms with van der Waals surface area (Å²) in [5, 5.41) is 3.91. The standard InChI is InChI=1S/C12H12ClN3OS2/c1-7-11(19-12(14)15-7)18-6-10(17)16-9-4-2-3-8(13)5-9/h2-5H,6H2,1H3,(H2,14,15)(H,16,17). The average molecular weight is 314 g/mol. The number of aromatic nitrogens is 1. The number of rotatable bonds is 4. The predicted octanol–water partition coefficient (Wildman–Crippen LogP) is 3.42. The quantitative estimate of drug-likeness (QED) is 0.849. The Hall–Kier alpha value is -1.24. The lowest BCUT2D eigenvalue weighted by Crippen LogP contribution is -2.13. The first-order chi connectivity index (χ1) is 9.04. The fourth-order valence-electron chi connectivity index (χ4n) is 1.43. The molecule has 0 saturated heterocycles. The normalized spacial score (nSPS) is 10.4. The summed E-state index contributed by atoms with van der Waals surface area (Å²) in [6, 6.07) is 7.05. The molecule has 0 bridgehead atoms. The Morgan fingerprint density at radius 1 is 1.58 bits per heavy atom. The molecule has 0 saturated carbocycles. The smallest absolute Gasteiger partial charge is 0.234 e. The van der Waals surface area contributed by atoms with E-state index in [1.807, 2.05) is 6.92 Å². The number of thioether (sulfide) groups is 1. The molecule has 0 fully saturated rings. The van der Waals surface area contributed by atoms with Crippen molar-refractivity contribution in [3.05, 3.63) is 35.0 Å². The van der Waals surface area contributed by atoms with E-state index in [0.717, 1.165) is 9.90 Å². The number of hydrogen-bond donors (Lipinski definition) is 2. The molecule has 0 spiro atoms. The summed E-state index contributed by atoms with van der Waals surface area (Å²) in [4.78, 5) is 15.9. The summed E-state index contributed by atoms with van der Waals surface area (Å²) in [6.45, 7) is 1.88. The van der Waals surface area contributed by atoms with Crippen molar-refractivity contribution in [2.45, 2.75) is 11.1 Å². The molecule has 0 aliphatic heterocycles. The third-order valence-corrected chi connectivity index (χ3v) is 4.80. The van der Waals surface area contributed by atoms with Crippen LogP contribution in [0.3, 0.4) is 0 Å². The van der Waals surface area contributed by atoms with Gasteiger partial charge < -0.3 is 11.1 Å². The molecule has 100 valence electrons. The van der Waals surface area contributed by atoms with E-state index in [-0.39, 0.29) is 5.91 Å². The van der Waals surface area contributed by atoms with Gasteiger partial charge in [-0.1, -0.05) is 29.0 Å². The number of nitrogens with zero attached hydrogens (tertiary/aromatic N) is 1. The van der Waals surface area contributed by atoms with Crippen LogP contribution in [0.25, 0.3) is 0 Å². The minimum absolute atomic E-state index is 0.0846. The Bertz CT molecular complexity index is 600. The van der Waals surface area contributed by atoms with E-state index in [0.29, 0.717) is 21.6 Å². The average Bonchev–Trinajstić information content (AvgIpc) is 2.65. The zero-order chi connectivity index (χ0) is 13.8. The Morgan fingerprint density at radius 2 is 2.37 bits per heavy atom. The van der Waals surface area contributed by atoms with Crippen LogP contribution in [0.1, 0.15) is 5.69 Å². The summed E-state index contributed by atoms with van der Waals surface area (Å²) >= 11 is 8.67. The molecule has 0 unspecified atom stereocenters. The Kier molecular flexibility index (Phi) is 4.68. The molecule has 0 aliphatic rings. The van der Waals surface area contributed by atoms with Crippen molar-refractivity contribution in [1.82, 2.24) is 4.98 Å². The van der Waals surface area contributed by atoms with Crippen LogP contribution < -0.4 is 11.1 Å². The molecular weight excluding hydrogens is 302 g/mol. The highest BCUT2D eigenvalue weighted by atomic mass is 35.5. The summed E-state index contributed by atoms with van der Waals surface area (Å²) in [7, 11) is 0. The van der Waals surface area contributed by atoms with Crippen LogP contribution in [0.15, 0.2) is 28.5 Å². The fourth-order valence-corrected chi connectivity index (χ4v) is 3.44. The maximum Gasteiger partial charge on any atom is 0.234 e.